The largest absolute Gasteiger partial charge is 0.312 e. The van der Waals surface area contributed by atoms with E-state index in [0.29, 0.717) is 13.1 Å². The first-order valence-corrected chi connectivity index (χ1v) is 7.78. The Morgan fingerprint density at radius 2 is 2.06 bits per heavy atom. The molecular formula is C11H16BrFN2O2S. The van der Waals surface area contributed by atoms with E-state index in [0.717, 1.165) is 10.0 Å². The number of nitrogens with zero attached hydrogens (tertiary/aromatic N) is 1. The lowest BCUT2D eigenvalue weighted by Gasteiger charge is -2.12. The predicted octanol–water partition coefficient (Wildman–Crippen LogP) is 1.57. The van der Waals surface area contributed by atoms with E-state index in [1.165, 1.54) is 30.5 Å². The van der Waals surface area contributed by atoms with E-state index in [1.54, 1.807) is 6.07 Å². The predicted molar refractivity (Wildman–Crippen MR) is 73.3 cm³/mol. The summed E-state index contributed by atoms with van der Waals surface area (Å²) in [6, 6.07) is 4.41. The Balaban J connectivity index is 2.46. The van der Waals surface area contributed by atoms with Crippen molar-refractivity contribution in [3.63, 3.8) is 0 Å². The second-order valence-electron chi connectivity index (χ2n) is 4.01. The van der Waals surface area contributed by atoms with Crippen LogP contribution in [0.5, 0.6) is 0 Å². The van der Waals surface area contributed by atoms with Crippen LogP contribution in [0.2, 0.25) is 0 Å². The lowest BCUT2D eigenvalue weighted by Crippen LogP contribution is -2.31. The maximum Gasteiger partial charge on any atom is 0.214 e. The monoisotopic (exact) mass is 338 g/mol. The molecule has 18 heavy (non-hydrogen) atoms. The van der Waals surface area contributed by atoms with Crippen LogP contribution in [0.1, 0.15) is 5.56 Å². The molecule has 0 amide bonds. The van der Waals surface area contributed by atoms with Crippen molar-refractivity contribution >= 4 is 26.0 Å². The highest BCUT2D eigenvalue weighted by Crippen LogP contribution is 2.17. The molecule has 1 N–H and O–H groups in total. The molecule has 0 spiro atoms. The van der Waals surface area contributed by atoms with Crippen LogP contribution in [-0.4, -0.2) is 39.1 Å². The van der Waals surface area contributed by atoms with Crippen LogP contribution in [-0.2, 0) is 16.6 Å². The Labute approximate surface area is 115 Å². The Morgan fingerprint density at radius 1 is 1.39 bits per heavy atom. The third kappa shape index (κ3) is 4.64. The molecule has 0 heterocycles. The number of hydrogen-bond acceptors (Lipinski definition) is 3. The maximum absolute atomic E-state index is 13.0. The Morgan fingerprint density at radius 3 is 2.67 bits per heavy atom. The molecule has 0 atom stereocenters. The SMILES string of the molecule is CN(C)S(=O)(=O)CCNCc1cc(F)ccc1Br. The smallest absolute Gasteiger partial charge is 0.214 e. The zero-order valence-electron chi connectivity index (χ0n) is 10.3. The molecule has 0 fully saturated rings. The summed E-state index contributed by atoms with van der Waals surface area (Å²) in [5.41, 5.74) is 0.761. The minimum Gasteiger partial charge on any atom is -0.312 e. The van der Waals surface area contributed by atoms with E-state index in [-0.39, 0.29) is 11.6 Å². The van der Waals surface area contributed by atoms with Crippen molar-refractivity contribution in [3.05, 3.63) is 34.1 Å². The van der Waals surface area contributed by atoms with Crippen molar-refractivity contribution in [3.8, 4) is 0 Å². The van der Waals surface area contributed by atoms with E-state index in [4.69, 9.17) is 0 Å². The quantitative estimate of drug-likeness (QED) is 0.801. The van der Waals surface area contributed by atoms with Gasteiger partial charge in [-0.2, -0.15) is 0 Å². The fourth-order valence-corrected chi connectivity index (χ4v) is 2.44. The van der Waals surface area contributed by atoms with E-state index in [1.807, 2.05) is 0 Å². The highest BCUT2D eigenvalue weighted by Gasteiger charge is 2.12. The van der Waals surface area contributed by atoms with Gasteiger partial charge < -0.3 is 5.32 Å². The van der Waals surface area contributed by atoms with E-state index in [2.05, 4.69) is 21.2 Å². The van der Waals surface area contributed by atoms with Crippen molar-refractivity contribution in [2.24, 2.45) is 0 Å². The van der Waals surface area contributed by atoms with Gasteiger partial charge in [0, 0.05) is 31.7 Å². The van der Waals surface area contributed by atoms with Crippen LogP contribution in [0.25, 0.3) is 0 Å². The maximum atomic E-state index is 13.0. The average Bonchev–Trinajstić information content (AvgIpc) is 2.28. The number of halogens is 2. The van der Waals surface area contributed by atoms with Gasteiger partial charge in [0.15, 0.2) is 0 Å². The van der Waals surface area contributed by atoms with Gasteiger partial charge in [-0.05, 0) is 23.8 Å². The fraction of sp³-hybridized carbons (Fsp3) is 0.455. The molecular weight excluding hydrogens is 323 g/mol. The summed E-state index contributed by atoms with van der Waals surface area (Å²) in [6.07, 6.45) is 0. The third-order valence-corrected chi connectivity index (χ3v) is 5.02. The van der Waals surface area contributed by atoms with Crippen LogP contribution in [0, 0.1) is 5.82 Å². The van der Waals surface area contributed by atoms with Gasteiger partial charge in [-0.1, -0.05) is 15.9 Å². The van der Waals surface area contributed by atoms with Crippen molar-refractivity contribution < 1.29 is 12.8 Å². The first-order valence-electron chi connectivity index (χ1n) is 5.38. The van der Waals surface area contributed by atoms with Gasteiger partial charge in [0.1, 0.15) is 5.82 Å². The Hall–Kier alpha value is -0.500. The molecule has 0 aliphatic rings. The lowest BCUT2D eigenvalue weighted by molar-refractivity contribution is 0.517. The molecule has 0 saturated carbocycles. The summed E-state index contributed by atoms with van der Waals surface area (Å²) < 4.78 is 37.9. The second kappa shape index (κ2) is 6.60. The molecule has 0 unspecified atom stereocenters. The molecule has 0 bridgehead atoms. The van der Waals surface area contributed by atoms with Crippen LogP contribution in [0.3, 0.4) is 0 Å². The van der Waals surface area contributed by atoms with Crippen molar-refractivity contribution in [2.45, 2.75) is 6.54 Å². The van der Waals surface area contributed by atoms with Crippen molar-refractivity contribution in [1.29, 1.82) is 0 Å². The van der Waals surface area contributed by atoms with Gasteiger partial charge in [-0.15, -0.1) is 0 Å². The Bertz CT molecular complexity index is 506. The van der Waals surface area contributed by atoms with Gasteiger partial charge in [-0.3, -0.25) is 0 Å². The Kier molecular flexibility index (Phi) is 5.71. The van der Waals surface area contributed by atoms with E-state index >= 15 is 0 Å². The highest BCUT2D eigenvalue weighted by atomic mass is 79.9. The minimum absolute atomic E-state index is 0.0208. The minimum atomic E-state index is -3.19. The molecule has 4 nitrogen and oxygen atoms in total. The highest BCUT2D eigenvalue weighted by molar-refractivity contribution is 9.10. The number of hydrogen-bond donors (Lipinski definition) is 1. The molecule has 0 aliphatic heterocycles. The molecule has 1 aromatic carbocycles. The van der Waals surface area contributed by atoms with Crippen LogP contribution < -0.4 is 5.32 Å². The summed E-state index contributed by atoms with van der Waals surface area (Å²) in [7, 11) is -0.189. The number of benzene rings is 1. The number of nitrogens with one attached hydrogen (secondary N) is 1. The molecule has 7 heteroatoms. The standard InChI is InChI=1S/C11H16BrFN2O2S/c1-15(2)18(16,17)6-5-14-8-9-7-10(13)3-4-11(9)12/h3-4,7,14H,5-6,8H2,1-2H3. The normalized spacial score (nSPS) is 12.1. The van der Waals surface area contributed by atoms with Gasteiger partial charge in [0.05, 0.1) is 5.75 Å². The average molecular weight is 339 g/mol. The van der Waals surface area contributed by atoms with Gasteiger partial charge in [0.25, 0.3) is 0 Å². The summed E-state index contributed by atoms with van der Waals surface area (Å²) in [5, 5.41) is 2.98. The topological polar surface area (TPSA) is 49.4 Å². The van der Waals surface area contributed by atoms with Crippen LogP contribution >= 0.6 is 15.9 Å². The van der Waals surface area contributed by atoms with Crippen LogP contribution in [0.4, 0.5) is 4.39 Å². The fourth-order valence-electron chi connectivity index (χ4n) is 1.29. The van der Waals surface area contributed by atoms with Gasteiger partial charge in [-0.25, -0.2) is 17.1 Å². The first-order chi connectivity index (χ1) is 8.33. The van der Waals surface area contributed by atoms with Gasteiger partial charge in [0.2, 0.25) is 10.0 Å². The summed E-state index contributed by atoms with van der Waals surface area (Å²) >= 11 is 3.31. The zero-order chi connectivity index (χ0) is 13.8. The summed E-state index contributed by atoms with van der Waals surface area (Å²) in [4.78, 5) is 0. The lowest BCUT2D eigenvalue weighted by atomic mass is 10.2. The molecule has 0 aliphatic carbocycles. The molecule has 1 rings (SSSR count). The van der Waals surface area contributed by atoms with Gasteiger partial charge >= 0.3 is 0 Å². The van der Waals surface area contributed by atoms with Crippen molar-refractivity contribution in [1.82, 2.24) is 9.62 Å². The molecule has 0 radical (unpaired) electrons. The summed E-state index contributed by atoms with van der Waals surface area (Å²) in [5.74, 6) is -0.289. The first kappa shape index (κ1) is 15.6. The second-order valence-corrected chi connectivity index (χ2v) is 7.17. The number of sulfonamides is 1. The van der Waals surface area contributed by atoms with Crippen LogP contribution in [0.15, 0.2) is 22.7 Å². The molecule has 0 saturated heterocycles. The molecule has 1 aromatic rings. The van der Waals surface area contributed by atoms with E-state index in [9.17, 15) is 12.8 Å². The molecule has 0 aromatic heterocycles. The molecule has 102 valence electrons. The zero-order valence-corrected chi connectivity index (χ0v) is 12.7. The summed E-state index contributed by atoms with van der Waals surface area (Å²) in [6.45, 7) is 0.741. The third-order valence-electron chi connectivity index (χ3n) is 2.42. The number of rotatable bonds is 6. The van der Waals surface area contributed by atoms with E-state index < -0.39 is 10.0 Å². The van der Waals surface area contributed by atoms with Crippen molar-refractivity contribution in [2.75, 3.05) is 26.4 Å².